The minimum Gasteiger partial charge on any atom is -0.339 e. The summed E-state index contributed by atoms with van der Waals surface area (Å²) in [4.78, 5) is 30.7. The number of nitrogens with zero attached hydrogens (tertiary/aromatic N) is 2. The number of rotatable bonds is 3. The third kappa shape index (κ3) is 3.99. The maximum absolute atomic E-state index is 12.5. The maximum Gasteiger partial charge on any atom is 0.255 e. The van der Waals surface area contributed by atoms with Crippen molar-refractivity contribution in [2.45, 2.75) is 19.8 Å². The van der Waals surface area contributed by atoms with Crippen LogP contribution in [-0.2, 0) is 4.79 Å². The molecule has 2 amide bonds. The number of amides is 2. The Kier molecular flexibility index (Phi) is 5.34. The first-order chi connectivity index (χ1) is 12.1. The van der Waals surface area contributed by atoms with Crippen LogP contribution in [0.4, 0.5) is 5.69 Å². The third-order valence-electron chi connectivity index (χ3n) is 4.59. The number of pyridine rings is 1. The van der Waals surface area contributed by atoms with Gasteiger partial charge in [0.15, 0.2) is 0 Å². The minimum atomic E-state index is -0.101. The largest absolute Gasteiger partial charge is 0.339 e. The van der Waals surface area contributed by atoms with E-state index in [4.69, 9.17) is 11.6 Å². The molecule has 0 unspecified atom stereocenters. The van der Waals surface area contributed by atoms with E-state index in [9.17, 15) is 9.59 Å². The molecular formula is C19H20ClN3O2. The van der Waals surface area contributed by atoms with Gasteiger partial charge >= 0.3 is 0 Å². The highest BCUT2D eigenvalue weighted by molar-refractivity contribution is 6.31. The topological polar surface area (TPSA) is 62.3 Å². The SMILES string of the molecule is Cc1c(Cl)cccc1NC(=O)C1CCN(C(=O)c2cccnc2)CC1. The van der Waals surface area contributed by atoms with Crippen LogP contribution >= 0.6 is 11.6 Å². The number of benzene rings is 1. The number of carbonyl (C=O) groups is 2. The number of hydrogen-bond acceptors (Lipinski definition) is 3. The normalized spacial score (nSPS) is 15.0. The smallest absolute Gasteiger partial charge is 0.255 e. The quantitative estimate of drug-likeness (QED) is 0.913. The summed E-state index contributed by atoms with van der Waals surface area (Å²) in [5.74, 6) is -0.146. The van der Waals surface area contributed by atoms with Crippen molar-refractivity contribution >= 4 is 29.1 Å². The van der Waals surface area contributed by atoms with Crippen LogP contribution in [0.1, 0.15) is 28.8 Å². The zero-order valence-corrected chi connectivity index (χ0v) is 14.8. The first kappa shape index (κ1) is 17.4. The second kappa shape index (κ2) is 7.66. The van der Waals surface area contributed by atoms with Crippen LogP contribution in [0.25, 0.3) is 0 Å². The zero-order valence-electron chi connectivity index (χ0n) is 14.0. The van der Waals surface area contributed by atoms with Gasteiger partial charge in [-0.1, -0.05) is 17.7 Å². The van der Waals surface area contributed by atoms with Crippen LogP contribution in [0.3, 0.4) is 0 Å². The van der Waals surface area contributed by atoms with Crippen LogP contribution in [0.5, 0.6) is 0 Å². The van der Waals surface area contributed by atoms with Crippen LogP contribution in [0.2, 0.25) is 5.02 Å². The van der Waals surface area contributed by atoms with Gasteiger partial charge in [-0.3, -0.25) is 14.6 Å². The summed E-state index contributed by atoms with van der Waals surface area (Å²) in [5.41, 5.74) is 2.19. The lowest BCUT2D eigenvalue weighted by molar-refractivity contribution is -0.121. The van der Waals surface area contributed by atoms with Crippen LogP contribution in [0.15, 0.2) is 42.7 Å². The predicted octanol–water partition coefficient (Wildman–Crippen LogP) is 3.53. The molecule has 1 aromatic carbocycles. The van der Waals surface area contributed by atoms with Gasteiger partial charge in [0.05, 0.1) is 5.56 Å². The van der Waals surface area contributed by atoms with Gasteiger partial charge in [0.2, 0.25) is 5.91 Å². The van der Waals surface area contributed by atoms with Gasteiger partial charge in [-0.2, -0.15) is 0 Å². The molecule has 5 nitrogen and oxygen atoms in total. The average Bonchev–Trinajstić information content (AvgIpc) is 2.65. The van der Waals surface area contributed by atoms with E-state index in [2.05, 4.69) is 10.3 Å². The Labute approximate surface area is 152 Å². The molecule has 130 valence electrons. The molecule has 0 saturated carbocycles. The zero-order chi connectivity index (χ0) is 17.8. The monoisotopic (exact) mass is 357 g/mol. The van der Waals surface area contributed by atoms with Gasteiger partial charge in [-0.05, 0) is 49.6 Å². The summed E-state index contributed by atoms with van der Waals surface area (Å²) in [6, 6.07) is 8.98. The highest BCUT2D eigenvalue weighted by Gasteiger charge is 2.28. The standard InChI is InChI=1S/C19H20ClN3O2/c1-13-16(20)5-2-6-17(13)22-18(24)14-7-10-23(11-8-14)19(25)15-4-3-9-21-12-15/h2-6,9,12,14H,7-8,10-11H2,1H3,(H,22,24). The van der Waals surface area contributed by atoms with E-state index in [-0.39, 0.29) is 17.7 Å². The Morgan fingerprint density at radius 2 is 1.96 bits per heavy atom. The van der Waals surface area contributed by atoms with Gasteiger partial charge in [-0.15, -0.1) is 0 Å². The van der Waals surface area contributed by atoms with Crippen molar-refractivity contribution in [1.29, 1.82) is 0 Å². The van der Waals surface area contributed by atoms with Crippen molar-refractivity contribution in [3.8, 4) is 0 Å². The summed E-state index contributed by atoms with van der Waals surface area (Å²) in [7, 11) is 0. The molecule has 0 radical (unpaired) electrons. The summed E-state index contributed by atoms with van der Waals surface area (Å²) in [6.07, 6.45) is 4.52. The Bertz CT molecular complexity index is 771. The first-order valence-electron chi connectivity index (χ1n) is 8.31. The molecule has 3 rings (SSSR count). The number of carbonyl (C=O) groups excluding carboxylic acids is 2. The van der Waals surface area contributed by atoms with Crippen molar-refractivity contribution in [3.63, 3.8) is 0 Å². The number of anilines is 1. The minimum absolute atomic E-state index is 0.0150. The van der Waals surface area contributed by atoms with Crippen LogP contribution in [0, 0.1) is 12.8 Å². The molecule has 1 N–H and O–H groups in total. The van der Waals surface area contributed by atoms with E-state index in [1.807, 2.05) is 19.1 Å². The van der Waals surface area contributed by atoms with E-state index in [0.717, 1.165) is 11.3 Å². The predicted molar refractivity (Wildman–Crippen MR) is 97.7 cm³/mol. The Hall–Kier alpha value is -2.40. The van der Waals surface area contributed by atoms with Gasteiger partial charge in [0.25, 0.3) is 5.91 Å². The van der Waals surface area contributed by atoms with Crippen molar-refractivity contribution in [3.05, 3.63) is 58.9 Å². The number of hydrogen-bond donors (Lipinski definition) is 1. The molecule has 0 bridgehead atoms. The molecule has 0 atom stereocenters. The van der Waals surface area contributed by atoms with E-state index >= 15 is 0 Å². The van der Waals surface area contributed by atoms with E-state index in [0.29, 0.717) is 36.5 Å². The number of piperidine rings is 1. The second-order valence-electron chi connectivity index (χ2n) is 6.21. The molecule has 25 heavy (non-hydrogen) atoms. The maximum atomic E-state index is 12.5. The molecule has 2 heterocycles. The molecule has 1 aliphatic heterocycles. The Balaban J connectivity index is 1.58. The molecule has 1 aromatic heterocycles. The van der Waals surface area contributed by atoms with Gasteiger partial charge in [0, 0.05) is 42.1 Å². The lowest BCUT2D eigenvalue weighted by Gasteiger charge is -2.31. The molecule has 1 saturated heterocycles. The third-order valence-corrected chi connectivity index (χ3v) is 5.00. The Morgan fingerprint density at radius 1 is 1.20 bits per heavy atom. The Morgan fingerprint density at radius 3 is 2.64 bits per heavy atom. The number of aromatic nitrogens is 1. The highest BCUT2D eigenvalue weighted by atomic mass is 35.5. The highest BCUT2D eigenvalue weighted by Crippen LogP contribution is 2.25. The average molecular weight is 358 g/mol. The fraction of sp³-hybridized carbons (Fsp3) is 0.316. The van der Waals surface area contributed by atoms with Crippen LogP contribution < -0.4 is 5.32 Å². The summed E-state index contributed by atoms with van der Waals surface area (Å²) in [6.45, 7) is 3.02. The molecule has 2 aromatic rings. The van der Waals surface area contributed by atoms with Gasteiger partial charge in [0.1, 0.15) is 0 Å². The summed E-state index contributed by atoms with van der Waals surface area (Å²) < 4.78 is 0. The lowest BCUT2D eigenvalue weighted by atomic mass is 9.95. The van der Waals surface area contributed by atoms with E-state index in [1.54, 1.807) is 35.5 Å². The summed E-state index contributed by atoms with van der Waals surface area (Å²) in [5, 5.41) is 3.59. The van der Waals surface area contributed by atoms with E-state index in [1.165, 1.54) is 0 Å². The molecule has 0 aliphatic carbocycles. The second-order valence-corrected chi connectivity index (χ2v) is 6.62. The summed E-state index contributed by atoms with van der Waals surface area (Å²) >= 11 is 6.09. The van der Waals surface area contributed by atoms with Crippen molar-refractivity contribution in [2.24, 2.45) is 5.92 Å². The number of nitrogens with one attached hydrogen (secondary N) is 1. The first-order valence-corrected chi connectivity index (χ1v) is 8.69. The number of halogens is 1. The van der Waals surface area contributed by atoms with Crippen LogP contribution in [-0.4, -0.2) is 34.8 Å². The van der Waals surface area contributed by atoms with Crippen molar-refractivity contribution < 1.29 is 9.59 Å². The molecule has 1 aliphatic rings. The van der Waals surface area contributed by atoms with Crippen molar-refractivity contribution in [2.75, 3.05) is 18.4 Å². The number of likely N-dealkylation sites (tertiary alicyclic amines) is 1. The van der Waals surface area contributed by atoms with Crippen molar-refractivity contribution in [1.82, 2.24) is 9.88 Å². The fourth-order valence-electron chi connectivity index (χ4n) is 2.99. The molecule has 6 heteroatoms. The molecule has 1 fully saturated rings. The van der Waals surface area contributed by atoms with Gasteiger partial charge < -0.3 is 10.2 Å². The molecule has 0 spiro atoms. The lowest BCUT2D eigenvalue weighted by Crippen LogP contribution is -2.41. The van der Waals surface area contributed by atoms with Gasteiger partial charge in [-0.25, -0.2) is 0 Å². The fourth-order valence-corrected chi connectivity index (χ4v) is 3.17. The molecular weight excluding hydrogens is 338 g/mol. The van der Waals surface area contributed by atoms with E-state index < -0.39 is 0 Å².